The van der Waals surface area contributed by atoms with E-state index in [4.69, 9.17) is 0 Å². The Hall–Kier alpha value is -1.64. The zero-order chi connectivity index (χ0) is 16.5. The number of nitrogens with zero attached hydrogens (tertiary/aromatic N) is 1. The summed E-state index contributed by atoms with van der Waals surface area (Å²) in [6, 6.07) is 18.8. The lowest BCUT2D eigenvalue weighted by molar-refractivity contribution is 0.0112. The zero-order valence-electron chi connectivity index (χ0n) is 14.8. The molecule has 0 radical (unpaired) electrons. The number of piperidine rings is 3. The standard InChI is InChI=1S/C22H28N2/c1-16-7-6-8-17(2)20(16)15-23-21-18-11-13-24(14-12-18)22(21)19-9-4-3-5-10-19/h3-10,18,21-23H,11-15H2,1-2H3. The number of hydrogen-bond donors (Lipinski definition) is 1. The smallest absolute Gasteiger partial charge is 0.0504 e. The van der Waals surface area contributed by atoms with Gasteiger partial charge in [-0.3, -0.25) is 4.90 Å². The van der Waals surface area contributed by atoms with Gasteiger partial charge in [0.05, 0.1) is 6.04 Å². The Balaban J connectivity index is 1.58. The van der Waals surface area contributed by atoms with Gasteiger partial charge in [0.1, 0.15) is 0 Å². The third kappa shape index (κ3) is 2.89. The van der Waals surface area contributed by atoms with E-state index in [0.717, 1.165) is 12.5 Å². The number of fused-ring (bicyclic) bond motifs is 3. The van der Waals surface area contributed by atoms with Crippen LogP contribution in [0.3, 0.4) is 0 Å². The van der Waals surface area contributed by atoms with Crippen LogP contribution < -0.4 is 5.32 Å². The normalized spacial score (nSPS) is 28.9. The van der Waals surface area contributed by atoms with E-state index in [2.05, 4.69) is 72.6 Å². The van der Waals surface area contributed by atoms with Crippen LogP contribution in [0.4, 0.5) is 0 Å². The number of benzene rings is 2. The van der Waals surface area contributed by atoms with Crippen molar-refractivity contribution >= 4 is 0 Å². The van der Waals surface area contributed by atoms with Crippen molar-refractivity contribution in [3.8, 4) is 0 Å². The minimum Gasteiger partial charge on any atom is -0.308 e. The number of aryl methyl sites for hydroxylation is 2. The maximum Gasteiger partial charge on any atom is 0.0504 e. The van der Waals surface area contributed by atoms with Crippen LogP contribution in [-0.2, 0) is 6.54 Å². The van der Waals surface area contributed by atoms with Crippen LogP contribution in [0, 0.1) is 19.8 Å². The lowest BCUT2D eigenvalue weighted by Gasteiger charge is -2.51. The molecule has 0 aliphatic carbocycles. The van der Waals surface area contributed by atoms with E-state index in [1.165, 1.54) is 48.2 Å². The first-order valence-electron chi connectivity index (χ1n) is 9.31. The molecule has 2 aromatic carbocycles. The molecule has 2 unspecified atom stereocenters. The van der Waals surface area contributed by atoms with Gasteiger partial charge in [-0.05, 0) is 68.0 Å². The summed E-state index contributed by atoms with van der Waals surface area (Å²) >= 11 is 0. The first-order chi connectivity index (χ1) is 11.7. The molecule has 2 atom stereocenters. The highest BCUT2D eigenvalue weighted by atomic mass is 15.2. The molecule has 0 aromatic heterocycles. The molecule has 2 nitrogen and oxygen atoms in total. The number of rotatable bonds is 4. The van der Waals surface area contributed by atoms with Crippen molar-refractivity contribution < 1.29 is 0 Å². The summed E-state index contributed by atoms with van der Waals surface area (Å²) in [6.07, 6.45) is 2.68. The third-order valence-corrected chi connectivity index (χ3v) is 6.12. The van der Waals surface area contributed by atoms with Crippen LogP contribution in [0.15, 0.2) is 48.5 Å². The lowest BCUT2D eigenvalue weighted by atomic mass is 9.76. The van der Waals surface area contributed by atoms with Crippen LogP contribution in [0.25, 0.3) is 0 Å². The van der Waals surface area contributed by atoms with E-state index in [1.807, 2.05) is 0 Å². The topological polar surface area (TPSA) is 15.3 Å². The van der Waals surface area contributed by atoms with Gasteiger partial charge in [0, 0.05) is 12.6 Å². The molecular weight excluding hydrogens is 292 g/mol. The molecule has 0 amide bonds. The Kier molecular flexibility index (Phi) is 4.43. The second-order valence-corrected chi connectivity index (χ2v) is 7.51. The van der Waals surface area contributed by atoms with E-state index in [9.17, 15) is 0 Å². The van der Waals surface area contributed by atoms with E-state index in [-0.39, 0.29) is 0 Å². The average molecular weight is 320 g/mol. The fraction of sp³-hybridized carbons (Fsp3) is 0.455. The number of nitrogens with one attached hydrogen (secondary N) is 1. The number of hydrogen-bond acceptors (Lipinski definition) is 2. The molecule has 2 aromatic rings. The predicted octanol–water partition coefficient (Wildman–Crippen LogP) is 4.23. The van der Waals surface area contributed by atoms with Gasteiger partial charge in [-0.25, -0.2) is 0 Å². The molecule has 3 aliphatic rings. The van der Waals surface area contributed by atoms with Crippen LogP contribution in [0.5, 0.6) is 0 Å². The van der Waals surface area contributed by atoms with Gasteiger partial charge in [-0.2, -0.15) is 0 Å². The molecular formula is C22H28N2. The Morgan fingerprint density at radius 1 is 0.917 bits per heavy atom. The maximum atomic E-state index is 3.96. The second kappa shape index (κ2) is 6.70. The summed E-state index contributed by atoms with van der Waals surface area (Å²) < 4.78 is 0. The molecule has 2 bridgehead atoms. The van der Waals surface area contributed by atoms with Crippen molar-refractivity contribution in [1.29, 1.82) is 0 Å². The molecule has 24 heavy (non-hydrogen) atoms. The van der Waals surface area contributed by atoms with Crippen LogP contribution in [0.1, 0.15) is 41.1 Å². The fourth-order valence-corrected chi connectivity index (χ4v) is 4.74. The molecule has 2 heteroatoms. The summed E-state index contributed by atoms with van der Waals surface area (Å²) in [4.78, 5) is 2.69. The highest BCUT2D eigenvalue weighted by molar-refractivity contribution is 5.33. The highest BCUT2D eigenvalue weighted by Crippen LogP contribution is 2.41. The first kappa shape index (κ1) is 15.9. The largest absolute Gasteiger partial charge is 0.308 e. The minimum absolute atomic E-state index is 0.531. The second-order valence-electron chi connectivity index (χ2n) is 7.51. The van der Waals surface area contributed by atoms with Gasteiger partial charge in [-0.1, -0.05) is 48.5 Å². The quantitative estimate of drug-likeness (QED) is 0.907. The maximum absolute atomic E-state index is 3.96. The lowest BCUT2D eigenvalue weighted by Crippen LogP contribution is -2.57. The van der Waals surface area contributed by atoms with Crippen LogP contribution in [-0.4, -0.2) is 24.0 Å². The van der Waals surface area contributed by atoms with Gasteiger partial charge < -0.3 is 5.32 Å². The van der Waals surface area contributed by atoms with Crippen molar-refractivity contribution in [3.63, 3.8) is 0 Å². The van der Waals surface area contributed by atoms with E-state index < -0.39 is 0 Å². The average Bonchev–Trinajstić information content (AvgIpc) is 2.63. The summed E-state index contributed by atoms with van der Waals surface area (Å²) in [5, 5.41) is 3.96. The molecule has 1 N–H and O–H groups in total. The predicted molar refractivity (Wildman–Crippen MR) is 100 cm³/mol. The van der Waals surface area contributed by atoms with Gasteiger partial charge in [0.2, 0.25) is 0 Å². The van der Waals surface area contributed by atoms with Gasteiger partial charge in [-0.15, -0.1) is 0 Å². The van der Waals surface area contributed by atoms with Crippen molar-refractivity contribution in [2.75, 3.05) is 13.1 Å². The molecule has 5 rings (SSSR count). The molecule has 3 aliphatic heterocycles. The summed E-state index contributed by atoms with van der Waals surface area (Å²) in [5.74, 6) is 0.810. The Morgan fingerprint density at radius 2 is 1.58 bits per heavy atom. The van der Waals surface area contributed by atoms with E-state index in [1.54, 1.807) is 0 Å². The van der Waals surface area contributed by atoms with Crippen molar-refractivity contribution in [1.82, 2.24) is 10.2 Å². The van der Waals surface area contributed by atoms with Crippen LogP contribution >= 0.6 is 0 Å². The molecule has 0 spiro atoms. The first-order valence-corrected chi connectivity index (χ1v) is 9.31. The van der Waals surface area contributed by atoms with Crippen LogP contribution in [0.2, 0.25) is 0 Å². The molecule has 3 saturated heterocycles. The van der Waals surface area contributed by atoms with Crippen molar-refractivity contribution in [2.45, 2.75) is 45.3 Å². The van der Waals surface area contributed by atoms with Crippen molar-refractivity contribution in [3.05, 3.63) is 70.8 Å². The molecule has 3 fully saturated rings. The zero-order valence-corrected chi connectivity index (χ0v) is 14.8. The minimum atomic E-state index is 0.531. The third-order valence-electron chi connectivity index (χ3n) is 6.12. The van der Waals surface area contributed by atoms with Crippen molar-refractivity contribution in [2.24, 2.45) is 5.92 Å². The van der Waals surface area contributed by atoms with Gasteiger partial charge in [0.15, 0.2) is 0 Å². The van der Waals surface area contributed by atoms with Gasteiger partial charge in [0.25, 0.3) is 0 Å². The highest BCUT2D eigenvalue weighted by Gasteiger charge is 2.42. The SMILES string of the molecule is Cc1cccc(C)c1CNC1C2CCN(CC2)C1c1ccccc1. The monoisotopic (exact) mass is 320 g/mol. The van der Waals surface area contributed by atoms with E-state index in [0.29, 0.717) is 12.1 Å². The molecule has 0 saturated carbocycles. The Labute approximate surface area is 145 Å². The summed E-state index contributed by atoms with van der Waals surface area (Å²) in [6.45, 7) is 7.96. The molecule has 3 heterocycles. The molecule has 126 valence electrons. The Morgan fingerprint density at radius 3 is 2.25 bits per heavy atom. The summed E-state index contributed by atoms with van der Waals surface area (Å²) in [7, 11) is 0. The Bertz CT molecular complexity index is 666. The van der Waals surface area contributed by atoms with Gasteiger partial charge >= 0.3 is 0 Å². The van der Waals surface area contributed by atoms with E-state index >= 15 is 0 Å². The summed E-state index contributed by atoms with van der Waals surface area (Å²) in [5.41, 5.74) is 5.75. The fourth-order valence-electron chi connectivity index (χ4n) is 4.74.